The summed E-state index contributed by atoms with van der Waals surface area (Å²) < 4.78 is 17.2. The summed E-state index contributed by atoms with van der Waals surface area (Å²) in [5.74, 6) is 2.50. The van der Waals surface area contributed by atoms with Crippen LogP contribution in [0.2, 0.25) is 5.02 Å². The Morgan fingerprint density at radius 2 is 2.19 bits per heavy atom. The maximum absolute atomic E-state index is 6.12. The van der Waals surface area contributed by atoms with Gasteiger partial charge in [-0.3, -0.25) is 0 Å². The van der Waals surface area contributed by atoms with Crippen LogP contribution in [-0.4, -0.2) is 50.5 Å². The van der Waals surface area contributed by atoms with Crippen molar-refractivity contribution in [1.29, 1.82) is 0 Å². The monoisotopic (exact) mass is 446 g/mol. The zero-order valence-electron chi connectivity index (χ0n) is 18.2. The van der Waals surface area contributed by atoms with Crippen LogP contribution >= 0.6 is 11.6 Å². The first-order chi connectivity index (χ1) is 15.2. The minimum atomic E-state index is 0.420. The van der Waals surface area contributed by atoms with Gasteiger partial charge in [-0.2, -0.15) is 0 Å². The molecule has 1 fully saturated rings. The molecule has 0 aliphatic carbocycles. The van der Waals surface area contributed by atoms with Crippen molar-refractivity contribution in [3.05, 3.63) is 52.7 Å². The Balaban J connectivity index is 1.54. The summed E-state index contributed by atoms with van der Waals surface area (Å²) in [6.45, 7) is 8.64. The Hall–Kier alpha value is -2.51. The van der Waals surface area contributed by atoms with Crippen LogP contribution in [-0.2, 0) is 11.3 Å². The lowest BCUT2D eigenvalue weighted by Crippen LogP contribution is -2.39. The topological polar surface area (TPSA) is 77.0 Å². The van der Waals surface area contributed by atoms with E-state index in [1.807, 2.05) is 6.92 Å². The molecule has 0 radical (unpaired) electrons. The zero-order chi connectivity index (χ0) is 21.9. The van der Waals surface area contributed by atoms with E-state index in [4.69, 9.17) is 30.8 Å². The lowest BCUT2D eigenvalue weighted by molar-refractivity contribution is 0.166. The number of rotatable bonds is 10. The van der Waals surface area contributed by atoms with Crippen LogP contribution in [0.1, 0.15) is 24.5 Å². The molecule has 3 rings (SSSR count). The summed E-state index contributed by atoms with van der Waals surface area (Å²) in [6.07, 6.45) is 2.71. The van der Waals surface area contributed by atoms with Crippen molar-refractivity contribution < 1.29 is 14.2 Å². The van der Waals surface area contributed by atoms with Gasteiger partial charge in [-0.1, -0.05) is 23.7 Å². The van der Waals surface area contributed by atoms with E-state index >= 15 is 0 Å². The fourth-order valence-corrected chi connectivity index (χ4v) is 3.33. The van der Waals surface area contributed by atoms with Gasteiger partial charge in [0.05, 0.1) is 26.3 Å². The molecule has 1 unspecified atom stereocenters. The van der Waals surface area contributed by atoms with E-state index in [0.29, 0.717) is 49.1 Å². The highest BCUT2D eigenvalue weighted by Gasteiger charge is 2.17. The maximum atomic E-state index is 6.12. The number of benzene rings is 1. The van der Waals surface area contributed by atoms with Crippen LogP contribution in [0, 0.1) is 12.8 Å². The summed E-state index contributed by atoms with van der Waals surface area (Å²) >= 11 is 6.06. The number of hydrogen-bond donors (Lipinski definition) is 2. The van der Waals surface area contributed by atoms with Gasteiger partial charge in [0.25, 0.3) is 0 Å². The maximum Gasteiger partial charge on any atom is 0.232 e. The average Bonchev–Trinajstić information content (AvgIpc) is 3.29. The molecule has 0 amide bonds. The van der Waals surface area contributed by atoms with Crippen molar-refractivity contribution in [3.8, 4) is 11.6 Å². The smallest absolute Gasteiger partial charge is 0.232 e. The van der Waals surface area contributed by atoms with Crippen molar-refractivity contribution in [2.24, 2.45) is 10.9 Å². The minimum absolute atomic E-state index is 0.420. The second kappa shape index (κ2) is 12.4. The predicted octanol–water partition coefficient (Wildman–Crippen LogP) is 3.59. The number of ether oxygens (including phenoxy) is 3. The molecular weight excluding hydrogens is 416 g/mol. The van der Waals surface area contributed by atoms with E-state index in [9.17, 15) is 0 Å². The van der Waals surface area contributed by atoms with Gasteiger partial charge in [-0.15, -0.1) is 0 Å². The Labute approximate surface area is 189 Å². The van der Waals surface area contributed by atoms with E-state index in [2.05, 4.69) is 40.7 Å². The fourth-order valence-electron chi connectivity index (χ4n) is 3.15. The number of nitrogens with zero attached hydrogens (tertiary/aromatic N) is 2. The molecule has 2 aromatic rings. The molecule has 1 atom stereocenters. The first kappa shape index (κ1) is 23.2. The van der Waals surface area contributed by atoms with E-state index in [1.165, 1.54) is 5.56 Å². The molecular formula is C23H31ClN4O3. The molecule has 7 nitrogen and oxygen atoms in total. The number of pyridine rings is 1. The molecule has 0 spiro atoms. The molecule has 0 bridgehead atoms. The molecule has 31 heavy (non-hydrogen) atoms. The van der Waals surface area contributed by atoms with Crippen LogP contribution in [0.25, 0.3) is 0 Å². The second-order valence-corrected chi connectivity index (χ2v) is 7.82. The van der Waals surface area contributed by atoms with Gasteiger partial charge in [0.15, 0.2) is 5.96 Å². The van der Waals surface area contributed by atoms with Crippen molar-refractivity contribution in [3.63, 3.8) is 0 Å². The van der Waals surface area contributed by atoms with Gasteiger partial charge >= 0.3 is 0 Å². The van der Waals surface area contributed by atoms with Crippen molar-refractivity contribution in [2.45, 2.75) is 26.8 Å². The highest BCUT2D eigenvalue weighted by Crippen LogP contribution is 2.23. The molecule has 2 heterocycles. The third-order valence-electron chi connectivity index (χ3n) is 4.83. The summed E-state index contributed by atoms with van der Waals surface area (Å²) in [4.78, 5) is 8.83. The van der Waals surface area contributed by atoms with E-state index in [1.54, 1.807) is 18.3 Å². The standard InChI is InChI=1S/C23H31ClN4O3/c1-3-25-23(27-10-12-30-22-20(24)5-4-9-26-22)28-14-19-7-6-17(2)13-21(19)31-16-18-8-11-29-15-18/h4-7,9,13,18H,3,8,10-12,14-16H2,1-2H3,(H2,25,27,28). The number of nitrogens with one attached hydrogen (secondary N) is 2. The molecule has 2 N–H and O–H groups in total. The largest absolute Gasteiger partial charge is 0.493 e. The molecule has 1 saturated heterocycles. The minimum Gasteiger partial charge on any atom is -0.493 e. The van der Waals surface area contributed by atoms with Crippen LogP contribution in [0.3, 0.4) is 0 Å². The van der Waals surface area contributed by atoms with Crippen LogP contribution in [0.4, 0.5) is 0 Å². The average molecular weight is 447 g/mol. The fraction of sp³-hybridized carbons (Fsp3) is 0.478. The Morgan fingerprint density at radius 1 is 1.29 bits per heavy atom. The number of hydrogen-bond acceptors (Lipinski definition) is 5. The highest BCUT2D eigenvalue weighted by atomic mass is 35.5. The molecule has 1 aromatic heterocycles. The number of aryl methyl sites for hydroxylation is 1. The van der Waals surface area contributed by atoms with Crippen molar-refractivity contribution >= 4 is 17.6 Å². The number of aliphatic imine (C=N–C) groups is 1. The Bertz CT molecular complexity index is 856. The number of guanidine groups is 1. The third kappa shape index (κ3) is 7.60. The van der Waals surface area contributed by atoms with Gasteiger partial charge in [0.2, 0.25) is 5.88 Å². The zero-order valence-corrected chi connectivity index (χ0v) is 19.0. The van der Waals surface area contributed by atoms with Gasteiger partial charge in [0, 0.05) is 30.8 Å². The van der Waals surface area contributed by atoms with Gasteiger partial charge in [0.1, 0.15) is 17.4 Å². The lowest BCUT2D eigenvalue weighted by Gasteiger charge is -2.15. The van der Waals surface area contributed by atoms with Crippen LogP contribution in [0.15, 0.2) is 41.5 Å². The summed E-state index contributed by atoms with van der Waals surface area (Å²) in [5, 5.41) is 7.03. The molecule has 1 aliphatic rings. The highest BCUT2D eigenvalue weighted by molar-refractivity contribution is 6.31. The first-order valence-corrected chi connectivity index (χ1v) is 11.1. The third-order valence-corrected chi connectivity index (χ3v) is 5.12. The SMILES string of the molecule is CCNC(=NCc1ccc(C)cc1OCC1CCOC1)NCCOc1ncccc1Cl. The normalized spacial score (nSPS) is 16.2. The summed E-state index contributed by atoms with van der Waals surface area (Å²) in [6, 6.07) is 9.76. The summed E-state index contributed by atoms with van der Waals surface area (Å²) in [7, 11) is 0. The first-order valence-electron chi connectivity index (χ1n) is 10.7. The van der Waals surface area contributed by atoms with E-state index in [-0.39, 0.29) is 0 Å². The molecule has 168 valence electrons. The van der Waals surface area contributed by atoms with E-state index < -0.39 is 0 Å². The molecule has 1 aliphatic heterocycles. The Morgan fingerprint density at radius 3 is 2.97 bits per heavy atom. The van der Waals surface area contributed by atoms with Crippen molar-refractivity contribution in [2.75, 3.05) is 39.5 Å². The van der Waals surface area contributed by atoms with Crippen molar-refractivity contribution in [1.82, 2.24) is 15.6 Å². The van der Waals surface area contributed by atoms with Gasteiger partial charge in [-0.25, -0.2) is 9.98 Å². The number of halogens is 1. The predicted molar refractivity (Wildman–Crippen MR) is 123 cm³/mol. The van der Waals surface area contributed by atoms with Crippen LogP contribution < -0.4 is 20.1 Å². The molecule has 8 heteroatoms. The lowest BCUT2D eigenvalue weighted by atomic mass is 10.1. The van der Waals surface area contributed by atoms with E-state index in [0.717, 1.165) is 37.5 Å². The Kier molecular flexibility index (Phi) is 9.24. The molecule has 1 aromatic carbocycles. The van der Waals surface area contributed by atoms with Gasteiger partial charge < -0.3 is 24.8 Å². The number of aromatic nitrogens is 1. The summed E-state index contributed by atoms with van der Waals surface area (Å²) in [5.41, 5.74) is 2.22. The van der Waals surface area contributed by atoms with Crippen LogP contribution in [0.5, 0.6) is 11.6 Å². The second-order valence-electron chi connectivity index (χ2n) is 7.41. The van der Waals surface area contributed by atoms with Gasteiger partial charge in [-0.05, 0) is 44.0 Å². The quantitative estimate of drug-likeness (QED) is 0.330. The molecule has 0 saturated carbocycles.